The Balaban J connectivity index is 2.18. The van der Waals surface area contributed by atoms with Crippen LogP contribution in [0.2, 0.25) is 0 Å². The number of hydrogen-bond donors (Lipinski definition) is 1. The van der Waals surface area contributed by atoms with Gasteiger partial charge in [-0.1, -0.05) is 0 Å². The molecule has 1 aromatic heterocycles. The normalized spacial score (nSPS) is 23.2. The van der Waals surface area contributed by atoms with Gasteiger partial charge in [0, 0.05) is 0 Å². The minimum atomic E-state index is -2.95. The number of rotatable bonds is 4. The number of sulfone groups is 1. The van der Waals surface area contributed by atoms with Gasteiger partial charge in [0.05, 0.1) is 24.7 Å². The van der Waals surface area contributed by atoms with Crippen molar-refractivity contribution in [2.24, 2.45) is 5.92 Å². The fourth-order valence-corrected chi connectivity index (χ4v) is 4.27. The smallest absolute Gasteiger partial charge is 0.373 e. The third-order valence-corrected chi connectivity index (χ3v) is 5.16. The predicted octanol–water partition coefficient (Wildman–Crippen LogP) is 0.761. The van der Waals surface area contributed by atoms with E-state index in [9.17, 15) is 13.2 Å². The van der Waals surface area contributed by atoms with E-state index in [4.69, 9.17) is 4.42 Å². The van der Waals surface area contributed by atoms with Gasteiger partial charge in [-0.05, 0) is 31.5 Å². The summed E-state index contributed by atoms with van der Waals surface area (Å²) in [5, 5.41) is 3.06. The number of methoxy groups -OCH3 is 1. The molecule has 2 rings (SSSR count). The Kier molecular flexibility index (Phi) is 3.96. The van der Waals surface area contributed by atoms with Crippen molar-refractivity contribution in [2.75, 3.05) is 25.7 Å². The van der Waals surface area contributed by atoms with Crippen LogP contribution in [0.15, 0.2) is 16.5 Å². The molecule has 106 valence electrons. The van der Waals surface area contributed by atoms with E-state index in [1.165, 1.54) is 13.2 Å². The zero-order valence-electron chi connectivity index (χ0n) is 10.9. The molecule has 1 aliphatic rings. The van der Waals surface area contributed by atoms with Crippen molar-refractivity contribution in [3.63, 3.8) is 0 Å². The summed E-state index contributed by atoms with van der Waals surface area (Å²) >= 11 is 0. The van der Waals surface area contributed by atoms with Crippen molar-refractivity contribution in [1.29, 1.82) is 0 Å². The second-order valence-electron chi connectivity index (χ2n) is 4.62. The Bertz CT molecular complexity index is 562. The monoisotopic (exact) mass is 287 g/mol. The van der Waals surface area contributed by atoms with Gasteiger partial charge in [0.15, 0.2) is 9.84 Å². The number of esters is 1. The van der Waals surface area contributed by atoms with E-state index in [-0.39, 0.29) is 29.2 Å². The number of nitrogens with one attached hydrogen (secondary N) is 1. The van der Waals surface area contributed by atoms with Gasteiger partial charge in [-0.3, -0.25) is 0 Å². The van der Waals surface area contributed by atoms with Gasteiger partial charge in [0.25, 0.3) is 0 Å². The lowest BCUT2D eigenvalue weighted by Crippen LogP contribution is -2.25. The maximum atomic E-state index is 11.5. The van der Waals surface area contributed by atoms with Crippen molar-refractivity contribution in [2.45, 2.75) is 12.5 Å². The molecule has 0 radical (unpaired) electrons. The van der Waals surface area contributed by atoms with Crippen LogP contribution in [0.25, 0.3) is 0 Å². The average molecular weight is 287 g/mol. The van der Waals surface area contributed by atoms with Crippen molar-refractivity contribution in [3.05, 3.63) is 23.7 Å². The van der Waals surface area contributed by atoms with Crippen LogP contribution >= 0.6 is 0 Å². The van der Waals surface area contributed by atoms with Crippen LogP contribution in [-0.2, 0) is 14.6 Å². The van der Waals surface area contributed by atoms with Gasteiger partial charge in [-0.25, -0.2) is 13.2 Å². The Morgan fingerprint density at radius 1 is 1.53 bits per heavy atom. The molecule has 2 unspecified atom stereocenters. The summed E-state index contributed by atoms with van der Waals surface area (Å²) in [5.41, 5.74) is 0. The minimum Gasteiger partial charge on any atom is -0.463 e. The molecule has 0 saturated carbocycles. The standard InChI is InChI=1S/C12H17NO5S/c1-13-11(8-5-6-19(15,16)7-8)9-3-4-10(18-9)12(14)17-2/h3-4,8,11,13H,5-7H2,1-2H3. The molecule has 1 N–H and O–H groups in total. The van der Waals surface area contributed by atoms with Gasteiger partial charge < -0.3 is 14.5 Å². The first-order chi connectivity index (χ1) is 8.96. The molecule has 0 amide bonds. The molecular weight excluding hydrogens is 270 g/mol. The second kappa shape index (κ2) is 5.34. The first-order valence-electron chi connectivity index (χ1n) is 6.02. The molecule has 19 heavy (non-hydrogen) atoms. The Morgan fingerprint density at radius 2 is 2.26 bits per heavy atom. The molecule has 2 atom stereocenters. The lowest BCUT2D eigenvalue weighted by Gasteiger charge is -2.19. The largest absolute Gasteiger partial charge is 0.463 e. The zero-order valence-corrected chi connectivity index (χ0v) is 11.7. The fraction of sp³-hybridized carbons (Fsp3) is 0.583. The lowest BCUT2D eigenvalue weighted by atomic mass is 9.97. The minimum absolute atomic E-state index is 0.0355. The summed E-state index contributed by atoms with van der Waals surface area (Å²) < 4.78 is 33.1. The van der Waals surface area contributed by atoms with Crippen molar-refractivity contribution in [3.8, 4) is 0 Å². The summed E-state index contributed by atoms with van der Waals surface area (Å²) in [6.45, 7) is 0. The number of hydrogen-bond acceptors (Lipinski definition) is 6. The summed E-state index contributed by atoms with van der Waals surface area (Å²) in [5.74, 6) is 0.461. The number of furan rings is 1. The van der Waals surface area contributed by atoms with E-state index in [2.05, 4.69) is 10.1 Å². The maximum Gasteiger partial charge on any atom is 0.373 e. The van der Waals surface area contributed by atoms with E-state index in [1.807, 2.05) is 0 Å². The lowest BCUT2D eigenvalue weighted by molar-refractivity contribution is 0.0561. The van der Waals surface area contributed by atoms with Crippen molar-refractivity contribution in [1.82, 2.24) is 5.32 Å². The van der Waals surface area contributed by atoms with Gasteiger partial charge in [-0.15, -0.1) is 0 Å². The Hall–Kier alpha value is -1.34. The second-order valence-corrected chi connectivity index (χ2v) is 6.85. The summed E-state index contributed by atoms with van der Waals surface area (Å²) in [7, 11) is 0.0813. The molecule has 2 heterocycles. The van der Waals surface area contributed by atoms with E-state index >= 15 is 0 Å². The molecule has 1 fully saturated rings. The van der Waals surface area contributed by atoms with Crippen LogP contribution in [0.3, 0.4) is 0 Å². The van der Waals surface area contributed by atoms with Crippen LogP contribution in [-0.4, -0.2) is 40.1 Å². The highest BCUT2D eigenvalue weighted by Crippen LogP contribution is 2.32. The molecule has 1 aliphatic heterocycles. The molecule has 0 spiro atoms. The quantitative estimate of drug-likeness (QED) is 0.823. The molecule has 0 bridgehead atoms. The van der Waals surface area contributed by atoms with Gasteiger partial charge >= 0.3 is 5.97 Å². The fourth-order valence-electron chi connectivity index (χ4n) is 2.43. The summed E-state index contributed by atoms with van der Waals surface area (Å²) in [4.78, 5) is 11.3. The van der Waals surface area contributed by atoms with E-state index in [0.29, 0.717) is 12.2 Å². The molecular formula is C12H17NO5S. The summed E-state index contributed by atoms with van der Waals surface area (Å²) in [6.07, 6.45) is 0.599. The summed E-state index contributed by atoms with van der Waals surface area (Å²) in [6, 6.07) is 3.00. The van der Waals surface area contributed by atoms with E-state index in [1.54, 1.807) is 13.1 Å². The Labute approximate surface area is 112 Å². The molecule has 6 nitrogen and oxygen atoms in total. The highest BCUT2D eigenvalue weighted by atomic mass is 32.2. The van der Waals surface area contributed by atoms with E-state index < -0.39 is 15.8 Å². The molecule has 0 aromatic carbocycles. The third-order valence-electron chi connectivity index (χ3n) is 3.37. The Morgan fingerprint density at radius 3 is 2.79 bits per heavy atom. The third kappa shape index (κ3) is 2.98. The molecule has 1 saturated heterocycles. The SMILES string of the molecule is CNC(c1ccc(C(=O)OC)o1)C1CCS(=O)(=O)C1. The van der Waals surface area contributed by atoms with Gasteiger partial charge in [-0.2, -0.15) is 0 Å². The first kappa shape index (κ1) is 14.1. The topological polar surface area (TPSA) is 85.6 Å². The average Bonchev–Trinajstić information content (AvgIpc) is 2.97. The molecule has 7 heteroatoms. The van der Waals surface area contributed by atoms with Crippen LogP contribution < -0.4 is 5.32 Å². The number of carbonyl (C=O) groups is 1. The number of ether oxygens (including phenoxy) is 1. The van der Waals surface area contributed by atoms with E-state index in [0.717, 1.165) is 0 Å². The highest BCUT2D eigenvalue weighted by Gasteiger charge is 2.35. The van der Waals surface area contributed by atoms with Crippen LogP contribution in [0.4, 0.5) is 0 Å². The van der Waals surface area contributed by atoms with Crippen molar-refractivity contribution < 1.29 is 22.4 Å². The predicted molar refractivity (Wildman–Crippen MR) is 68.6 cm³/mol. The number of carbonyl (C=O) groups excluding carboxylic acids is 1. The van der Waals surface area contributed by atoms with Crippen molar-refractivity contribution >= 4 is 15.8 Å². The zero-order chi connectivity index (χ0) is 14.0. The van der Waals surface area contributed by atoms with Gasteiger partial charge in [0.2, 0.25) is 5.76 Å². The van der Waals surface area contributed by atoms with Gasteiger partial charge in [0.1, 0.15) is 5.76 Å². The highest BCUT2D eigenvalue weighted by molar-refractivity contribution is 7.91. The maximum absolute atomic E-state index is 11.5. The van der Waals surface area contributed by atoms with Crippen LogP contribution in [0.5, 0.6) is 0 Å². The first-order valence-corrected chi connectivity index (χ1v) is 7.84. The molecule has 1 aromatic rings. The van der Waals surface area contributed by atoms with Crippen LogP contribution in [0, 0.1) is 5.92 Å². The van der Waals surface area contributed by atoms with Crippen LogP contribution in [0.1, 0.15) is 28.8 Å². The molecule has 0 aliphatic carbocycles.